The second kappa shape index (κ2) is 6.78. The summed E-state index contributed by atoms with van der Waals surface area (Å²) >= 11 is 7.85. The summed E-state index contributed by atoms with van der Waals surface area (Å²) in [6, 6.07) is 11.6. The molecule has 1 unspecified atom stereocenters. The van der Waals surface area contributed by atoms with Crippen molar-refractivity contribution in [3.63, 3.8) is 0 Å². The largest absolute Gasteiger partial charge is 0.310 e. The Labute approximate surface area is 160 Å². The molecule has 0 saturated heterocycles. The minimum atomic E-state index is -0.0617. The predicted octanol–water partition coefficient (Wildman–Crippen LogP) is 4.22. The highest BCUT2D eigenvalue weighted by atomic mass is 35.5. The van der Waals surface area contributed by atoms with E-state index in [1.807, 2.05) is 43.4 Å². The van der Waals surface area contributed by atoms with Crippen molar-refractivity contribution in [2.24, 2.45) is 7.05 Å². The molecule has 7 heteroatoms. The SMILES string of the molecule is Cc1ccc(Cl)cc1C1SCC(=O)Nc2c1c(-c1ccccn1)nn2C. The molecule has 1 atom stereocenters. The van der Waals surface area contributed by atoms with Crippen LogP contribution in [0.15, 0.2) is 42.6 Å². The van der Waals surface area contributed by atoms with Gasteiger partial charge in [0.15, 0.2) is 0 Å². The van der Waals surface area contributed by atoms with E-state index in [0.717, 1.165) is 28.1 Å². The van der Waals surface area contributed by atoms with Crippen LogP contribution in [0.2, 0.25) is 5.02 Å². The van der Waals surface area contributed by atoms with E-state index in [0.29, 0.717) is 16.6 Å². The minimum Gasteiger partial charge on any atom is -0.310 e. The van der Waals surface area contributed by atoms with Crippen LogP contribution in [0.3, 0.4) is 0 Å². The summed E-state index contributed by atoms with van der Waals surface area (Å²) in [4.78, 5) is 16.7. The van der Waals surface area contributed by atoms with Crippen molar-refractivity contribution < 1.29 is 4.79 Å². The molecule has 132 valence electrons. The van der Waals surface area contributed by atoms with Gasteiger partial charge >= 0.3 is 0 Å². The Balaban J connectivity index is 1.97. The number of halogens is 1. The van der Waals surface area contributed by atoms with Crippen molar-refractivity contribution in [2.45, 2.75) is 12.2 Å². The maximum absolute atomic E-state index is 12.3. The molecular formula is C19H17ClN4OS. The smallest absolute Gasteiger partial charge is 0.235 e. The second-order valence-corrected chi connectivity index (χ2v) is 7.72. The van der Waals surface area contributed by atoms with Crippen molar-refractivity contribution in [2.75, 3.05) is 11.1 Å². The monoisotopic (exact) mass is 384 g/mol. The molecule has 1 amide bonds. The maximum atomic E-state index is 12.3. The molecule has 1 aromatic carbocycles. The van der Waals surface area contributed by atoms with E-state index in [1.54, 1.807) is 22.6 Å². The Morgan fingerprint density at radius 1 is 1.31 bits per heavy atom. The lowest BCUT2D eigenvalue weighted by atomic mass is 9.98. The first kappa shape index (κ1) is 17.1. The number of amides is 1. The third-order valence-corrected chi connectivity index (χ3v) is 5.90. The van der Waals surface area contributed by atoms with Crippen molar-refractivity contribution in [1.29, 1.82) is 0 Å². The molecule has 2 aromatic heterocycles. The average molecular weight is 385 g/mol. The Morgan fingerprint density at radius 2 is 2.15 bits per heavy atom. The highest BCUT2D eigenvalue weighted by Gasteiger charge is 2.32. The number of rotatable bonds is 2. The number of aromatic nitrogens is 3. The zero-order valence-electron chi connectivity index (χ0n) is 14.4. The predicted molar refractivity (Wildman–Crippen MR) is 106 cm³/mol. The van der Waals surface area contributed by atoms with Gasteiger partial charge in [0.2, 0.25) is 5.91 Å². The number of fused-ring (bicyclic) bond motifs is 1. The van der Waals surface area contributed by atoms with Gasteiger partial charge in [-0.05, 0) is 42.3 Å². The number of hydrogen-bond donors (Lipinski definition) is 1. The fourth-order valence-corrected chi connectivity index (χ4v) is 4.57. The minimum absolute atomic E-state index is 0.0333. The Kier molecular flexibility index (Phi) is 4.46. The van der Waals surface area contributed by atoms with Crippen LogP contribution in [0, 0.1) is 6.92 Å². The van der Waals surface area contributed by atoms with E-state index in [4.69, 9.17) is 11.6 Å². The number of carbonyl (C=O) groups excluding carboxylic acids is 1. The summed E-state index contributed by atoms with van der Waals surface area (Å²) in [5, 5.41) is 8.27. The Morgan fingerprint density at radius 3 is 2.92 bits per heavy atom. The Hall–Kier alpha value is -2.31. The molecule has 1 N–H and O–H groups in total. The molecule has 3 aromatic rings. The van der Waals surface area contributed by atoms with Crippen molar-refractivity contribution >= 4 is 35.1 Å². The third kappa shape index (κ3) is 2.99. The van der Waals surface area contributed by atoms with Crippen LogP contribution in [-0.2, 0) is 11.8 Å². The van der Waals surface area contributed by atoms with E-state index in [1.165, 1.54) is 0 Å². The van der Waals surface area contributed by atoms with Crippen LogP contribution in [0.5, 0.6) is 0 Å². The first-order valence-corrected chi connectivity index (χ1v) is 9.63. The van der Waals surface area contributed by atoms with Crippen LogP contribution in [0.1, 0.15) is 21.9 Å². The van der Waals surface area contributed by atoms with Crippen LogP contribution in [-0.4, -0.2) is 26.4 Å². The summed E-state index contributed by atoms with van der Waals surface area (Å²) in [5.41, 5.74) is 4.74. The Bertz CT molecular complexity index is 987. The normalized spacial score (nSPS) is 16.7. The van der Waals surface area contributed by atoms with Gasteiger partial charge in [0.25, 0.3) is 0 Å². The van der Waals surface area contributed by atoms with Gasteiger partial charge in [-0.3, -0.25) is 14.5 Å². The van der Waals surface area contributed by atoms with Gasteiger partial charge in [0.05, 0.1) is 16.7 Å². The van der Waals surface area contributed by atoms with E-state index in [-0.39, 0.29) is 11.2 Å². The summed E-state index contributed by atoms with van der Waals surface area (Å²) in [6.07, 6.45) is 1.75. The van der Waals surface area contributed by atoms with Gasteiger partial charge in [0.1, 0.15) is 11.5 Å². The van der Waals surface area contributed by atoms with Gasteiger partial charge in [-0.25, -0.2) is 0 Å². The first-order valence-electron chi connectivity index (χ1n) is 8.20. The summed E-state index contributed by atoms with van der Waals surface area (Å²) in [5.74, 6) is 1.05. The standard InChI is InChI=1S/C19H17ClN4OS/c1-11-6-7-12(20)9-13(11)18-16-17(14-5-3-4-8-21-14)23-24(2)19(16)22-15(25)10-26-18/h3-9,18H,10H2,1-2H3,(H,22,25). The molecule has 1 aliphatic heterocycles. The summed E-state index contributed by atoms with van der Waals surface area (Å²) < 4.78 is 1.72. The summed E-state index contributed by atoms with van der Waals surface area (Å²) in [6.45, 7) is 2.06. The zero-order chi connectivity index (χ0) is 18.3. The number of aryl methyl sites for hydroxylation is 2. The van der Waals surface area contributed by atoms with Crippen molar-refractivity contribution in [3.8, 4) is 11.4 Å². The topological polar surface area (TPSA) is 59.8 Å². The van der Waals surface area contributed by atoms with Gasteiger partial charge in [0, 0.05) is 23.8 Å². The van der Waals surface area contributed by atoms with Crippen LogP contribution in [0.4, 0.5) is 5.82 Å². The highest BCUT2D eigenvalue weighted by Crippen LogP contribution is 2.46. The lowest BCUT2D eigenvalue weighted by Gasteiger charge is -2.18. The van der Waals surface area contributed by atoms with E-state index in [9.17, 15) is 4.79 Å². The molecule has 5 nitrogen and oxygen atoms in total. The fraction of sp³-hybridized carbons (Fsp3) is 0.211. The molecule has 0 saturated carbocycles. The van der Waals surface area contributed by atoms with Gasteiger partial charge in [-0.1, -0.05) is 23.7 Å². The molecule has 0 fully saturated rings. The van der Waals surface area contributed by atoms with E-state index >= 15 is 0 Å². The molecule has 0 radical (unpaired) electrons. The van der Waals surface area contributed by atoms with Gasteiger partial charge < -0.3 is 5.32 Å². The van der Waals surface area contributed by atoms with Gasteiger partial charge in [-0.15, -0.1) is 11.8 Å². The molecule has 1 aliphatic rings. The van der Waals surface area contributed by atoms with Crippen LogP contribution in [0.25, 0.3) is 11.4 Å². The number of hydrogen-bond acceptors (Lipinski definition) is 4. The number of anilines is 1. The number of nitrogens with one attached hydrogen (secondary N) is 1. The average Bonchev–Trinajstić information content (AvgIpc) is 2.84. The number of carbonyl (C=O) groups is 1. The molecule has 0 aliphatic carbocycles. The van der Waals surface area contributed by atoms with Gasteiger partial charge in [-0.2, -0.15) is 5.10 Å². The van der Waals surface area contributed by atoms with E-state index in [2.05, 4.69) is 22.3 Å². The fourth-order valence-electron chi connectivity index (χ4n) is 3.18. The molecule has 0 spiro atoms. The number of benzene rings is 1. The summed E-state index contributed by atoms with van der Waals surface area (Å²) in [7, 11) is 1.84. The first-order chi connectivity index (χ1) is 12.5. The van der Waals surface area contributed by atoms with Crippen molar-refractivity contribution in [1.82, 2.24) is 14.8 Å². The molecule has 3 heterocycles. The maximum Gasteiger partial charge on any atom is 0.235 e. The lowest BCUT2D eigenvalue weighted by molar-refractivity contribution is -0.113. The van der Waals surface area contributed by atoms with E-state index < -0.39 is 0 Å². The quantitative estimate of drug-likeness (QED) is 0.718. The second-order valence-electron chi connectivity index (χ2n) is 6.19. The molecule has 26 heavy (non-hydrogen) atoms. The lowest BCUT2D eigenvalue weighted by Crippen LogP contribution is -2.15. The number of thioether (sulfide) groups is 1. The molecular weight excluding hydrogens is 368 g/mol. The van der Waals surface area contributed by atoms with Crippen LogP contribution < -0.4 is 5.32 Å². The number of nitrogens with zero attached hydrogens (tertiary/aromatic N) is 3. The van der Waals surface area contributed by atoms with Crippen LogP contribution >= 0.6 is 23.4 Å². The number of pyridine rings is 1. The van der Waals surface area contributed by atoms with Crippen molar-refractivity contribution in [3.05, 3.63) is 64.3 Å². The zero-order valence-corrected chi connectivity index (χ0v) is 15.9. The molecule has 0 bridgehead atoms. The molecule has 4 rings (SSSR count). The third-order valence-electron chi connectivity index (χ3n) is 4.42. The highest BCUT2D eigenvalue weighted by molar-refractivity contribution is 8.00.